The summed E-state index contributed by atoms with van der Waals surface area (Å²) in [5.74, 6) is 1.70. The predicted octanol–water partition coefficient (Wildman–Crippen LogP) is 7.27. The van der Waals surface area contributed by atoms with E-state index in [4.69, 9.17) is 9.40 Å². The highest BCUT2D eigenvalue weighted by atomic mass is 32.1. The van der Waals surface area contributed by atoms with E-state index in [0.717, 1.165) is 28.6 Å². The zero-order valence-corrected chi connectivity index (χ0v) is 17.7. The highest BCUT2D eigenvalue weighted by molar-refractivity contribution is 7.19. The van der Waals surface area contributed by atoms with E-state index < -0.39 is 0 Å². The molecule has 3 heteroatoms. The van der Waals surface area contributed by atoms with E-state index in [9.17, 15) is 0 Å². The summed E-state index contributed by atoms with van der Waals surface area (Å²) in [5, 5.41) is 1.31. The maximum Gasteiger partial charge on any atom is 0.134 e. The smallest absolute Gasteiger partial charge is 0.134 e. The normalized spacial score (nSPS) is 16.5. The molecule has 1 aromatic carbocycles. The molecule has 1 aliphatic carbocycles. The minimum Gasteiger partial charge on any atom is -0.464 e. The lowest BCUT2D eigenvalue weighted by atomic mass is 9.87. The van der Waals surface area contributed by atoms with Crippen LogP contribution in [0.3, 0.4) is 0 Å². The van der Waals surface area contributed by atoms with E-state index in [1.165, 1.54) is 56.5 Å². The molecule has 4 aromatic rings. The summed E-state index contributed by atoms with van der Waals surface area (Å²) < 4.78 is 5.85. The van der Waals surface area contributed by atoms with Crippen molar-refractivity contribution in [2.24, 2.45) is 5.92 Å². The van der Waals surface area contributed by atoms with Gasteiger partial charge in [-0.3, -0.25) is 0 Å². The van der Waals surface area contributed by atoms with Crippen molar-refractivity contribution in [2.75, 3.05) is 0 Å². The number of hydrogen-bond donors (Lipinski definition) is 0. The molecule has 142 valence electrons. The Labute approximate surface area is 170 Å². The molecule has 0 amide bonds. The molecule has 0 radical (unpaired) electrons. The molecule has 0 bridgehead atoms. The predicted molar refractivity (Wildman–Crippen MR) is 118 cm³/mol. The summed E-state index contributed by atoms with van der Waals surface area (Å²) in [4.78, 5) is 7.82. The highest BCUT2D eigenvalue weighted by Gasteiger charge is 2.24. The van der Waals surface area contributed by atoms with E-state index in [2.05, 4.69) is 52.0 Å². The molecule has 0 fully saturated rings. The van der Waals surface area contributed by atoms with Crippen LogP contribution in [0.15, 0.2) is 41.0 Å². The molecule has 5 rings (SSSR count). The quantitative estimate of drug-likeness (QED) is 0.361. The fraction of sp³-hybridized carbons (Fsp3) is 0.320. The van der Waals surface area contributed by atoms with Crippen LogP contribution in [0.25, 0.3) is 32.8 Å². The minimum atomic E-state index is 0.758. The van der Waals surface area contributed by atoms with Crippen LogP contribution in [0.5, 0.6) is 0 Å². The summed E-state index contributed by atoms with van der Waals surface area (Å²) in [6, 6.07) is 10.8. The molecule has 3 aromatic heterocycles. The zero-order valence-electron chi connectivity index (χ0n) is 16.9. The number of furan rings is 1. The topological polar surface area (TPSA) is 26.0 Å². The van der Waals surface area contributed by atoms with E-state index in [1.807, 2.05) is 17.4 Å². The van der Waals surface area contributed by atoms with Crippen LogP contribution >= 0.6 is 11.3 Å². The number of benzene rings is 1. The van der Waals surface area contributed by atoms with Crippen molar-refractivity contribution < 1.29 is 4.42 Å². The third kappa shape index (κ3) is 2.80. The second-order valence-corrected chi connectivity index (χ2v) is 9.40. The van der Waals surface area contributed by atoms with Crippen molar-refractivity contribution in [1.82, 2.24) is 4.98 Å². The molecule has 0 saturated carbocycles. The Balaban J connectivity index is 1.80. The van der Waals surface area contributed by atoms with Crippen LogP contribution in [0, 0.1) is 26.7 Å². The SMILES string of the molecule is Cc1cc(C)c(-c2cc(-c3ccco3)c3c4c(sc3n2)CC(C)CC4)cc1C. The number of hydrogen-bond acceptors (Lipinski definition) is 3. The van der Waals surface area contributed by atoms with Gasteiger partial charge in [-0.25, -0.2) is 4.98 Å². The van der Waals surface area contributed by atoms with Gasteiger partial charge in [0.25, 0.3) is 0 Å². The lowest BCUT2D eigenvalue weighted by molar-refractivity contribution is 0.509. The van der Waals surface area contributed by atoms with E-state index in [1.54, 1.807) is 6.26 Å². The van der Waals surface area contributed by atoms with Crippen LogP contribution in [-0.2, 0) is 12.8 Å². The van der Waals surface area contributed by atoms with Gasteiger partial charge in [-0.1, -0.05) is 13.0 Å². The maximum absolute atomic E-state index is 5.85. The molecule has 3 heterocycles. The van der Waals surface area contributed by atoms with Crippen LogP contribution in [0.4, 0.5) is 0 Å². The molecular formula is C25H25NOS. The van der Waals surface area contributed by atoms with Gasteiger partial charge in [0.05, 0.1) is 12.0 Å². The molecule has 0 spiro atoms. The van der Waals surface area contributed by atoms with Gasteiger partial charge < -0.3 is 4.42 Å². The Morgan fingerprint density at radius 2 is 1.86 bits per heavy atom. The average molecular weight is 388 g/mol. The van der Waals surface area contributed by atoms with Gasteiger partial charge in [-0.2, -0.15) is 0 Å². The first-order chi connectivity index (χ1) is 13.5. The van der Waals surface area contributed by atoms with Gasteiger partial charge in [-0.15, -0.1) is 11.3 Å². The third-order valence-electron chi connectivity index (χ3n) is 6.17. The van der Waals surface area contributed by atoms with Crippen LogP contribution in [0.2, 0.25) is 0 Å². The fourth-order valence-corrected chi connectivity index (χ4v) is 5.85. The molecule has 1 aliphatic rings. The molecule has 2 nitrogen and oxygen atoms in total. The Hall–Kier alpha value is -2.39. The molecule has 0 aliphatic heterocycles. The standard InChI is InChI=1S/C25H25NOS/c1-14-7-8-18-23(10-14)28-25-24(18)20(22-6-5-9-27-22)13-21(26-25)19-12-16(3)15(2)11-17(19)4/h5-6,9,11-14H,7-8,10H2,1-4H3. The maximum atomic E-state index is 5.85. The van der Waals surface area contributed by atoms with Crippen molar-refractivity contribution in [1.29, 1.82) is 0 Å². The van der Waals surface area contributed by atoms with E-state index in [-0.39, 0.29) is 0 Å². The molecule has 28 heavy (non-hydrogen) atoms. The number of nitrogens with zero attached hydrogens (tertiary/aromatic N) is 1. The first kappa shape index (κ1) is 17.7. The summed E-state index contributed by atoms with van der Waals surface area (Å²) in [6.45, 7) is 8.89. The first-order valence-electron chi connectivity index (χ1n) is 10.1. The van der Waals surface area contributed by atoms with Gasteiger partial charge in [0, 0.05) is 21.4 Å². The average Bonchev–Trinajstić information content (AvgIpc) is 3.31. The van der Waals surface area contributed by atoms with Crippen LogP contribution < -0.4 is 0 Å². The molecule has 1 unspecified atom stereocenters. The highest BCUT2D eigenvalue weighted by Crippen LogP contribution is 2.43. The number of fused-ring (bicyclic) bond motifs is 3. The van der Waals surface area contributed by atoms with Gasteiger partial charge in [0.15, 0.2) is 0 Å². The molecule has 0 saturated heterocycles. The number of thiophene rings is 1. The Bertz CT molecular complexity index is 1180. The van der Waals surface area contributed by atoms with Gasteiger partial charge in [0.1, 0.15) is 10.6 Å². The zero-order chi connectivity index (χ0) is 19.4. The van der Waals surface area contributed by atoms with Crippen molar-refractivity contribution in [3.05, 3.63) is 63.7 Å². The lowest BCUT2D eigenvalue weighted by Crippen LogP contribution is -2.08. The van der Waals surface area contributed by atoms with Crippen molar-refractivity contribution in [3.63, 3.8) is 0 Å². The molecular weight excluding hydrogens is 362 g/mol. The molecule has 0 N–H and O–H groups in total. The Morgan fingerprint density at radius 3 is 2.64 bits per heavy atom. The van der Waals surface area contributed by atoms with Crippen molar-refractivity contribution in [3.8, 4) is 22.6 Å². The van der Waals surface area contributed by atoms with Crippen LogP contribution in [-0.4, -0.2) is 4.98 Å². The second kappa shape index (κ2) is 6.59. The van der Waals surface area contributed by atoms with E-state index in [0.29, 0.717) is 0 Å². The fourth-order valence-electron chi connectivity index (χ4n) is 4.44. The lowest BCUT2D eigenvalue weighted by Gasteiger charge is -2.18. The number of rotatable bonds is 2. The van der Waals surface area contributed by atoms with Gasteiger partial charge in [0.2, 0.25) is 0 Å². The minimum absolute atomic E-state index is 0.758. The third-order valence-corrected chi connectivity index (χ3v) is 7.32. The van der Waals surface area contributed by atoms with Crippen molar-refractivity contribution in [2.45, 2.75) is 47.0 Å². The van der Waals surface area contributed by atoms with E-state index >= 15 is 0 Å². The van der Waals surface area contributed by atoms with Crippen LogP contribution in [0.1, 0.15) is 40.5 Å². The Morgan fingerprint density at radius 1 is 1.04 bits per heavy atom. The summed E-state index contributed by atoms with van der Waals surface area (Å²) in [6.07, 6.45) is 5.34. The summed E-state index contributed by atoms with van der Waals surface area (Å²) >= 11 is 1.88. The number of pyridine rings is 1. The largest absolute Gasteiger partial charge is 0.464 e. The first-order valence-corrected chi connectivity index (χ1v) is 10.9. The number of aryl methyl sites for hydroxylation is 4. The summed E-state index contributed by atoms with van der Waals surface area (Å²) in [7, 11) is 0. The molecule has 1 atom stereocenters. The number of aromatic nitrogens is 1. The summed E-state index contributed by atoms with van der Waals surface area (Å²) in [5.41, 5.74) is 8.87. The van der Waals surface area contributed by atoms with Gasteiger partial charge in [-0.05, 0) is 92.5 Å². The monoisotopic (exact) mass is 387 g/mol. The van der Waals surface area contributed by atoms with Gasteiger partial charge >= 0.3 is 0 Å². The second-order valence-electron chi connectivity index (χ2n) is 8.32. The Kier molecular flexibility index (Phi) is 4.17. The van der Waals surface area contributed by atoms with Crippen molar-refractivity contribution >= 4 is 21.6 Å².